The zero-order chi connectivity index (χ0) is 21.1. The van der Waals surface area contributed by atoms with E-state index in [1.165, 1.54) is 0 Å². The molecule has 170 valence electrons. The fourth-order valence-corrected chi connectivity index (χ4v) is 4.86. The van der Waals surface area contributed by atoms with E-state index in [0.717, 1.165) is 21.5 Å². The quantitative estimate of drug-likeness (QED) is 0.368. The Hall–Kier alpha value is -1.71. The van der Waals surface area contributed by atoms with Crippen LogP contribution in [0.15, 0.2) is 45.8 Å². The molecule has 0 aliphatic heterocycles. The maximum absolute atomic E-state index is 13.0. The van der Waals surface area contributed by atoms with E-state index in [4.69, 9.17) is 4.74 Å². The third-order valence-electron chi connectivity index (χ3n) is 4.71. The smallest absolute Gasteiger partial charge is 0.340 e. The molecule has 3 aromatic rings. The second kappa shape index (κ2) is 11.8. The van der Waals surface area contributed by atoms with E-state index < -0.39 is 0 Å². The van der Waals surface area contributed by atoms with Gasteiger partial charge in [0.15, 0.2) is 0 Å². The van der Waals surface area contributed by atoms with Crippen molar-refractivity contribution >= 4 is 44.6 Å². The molecule has 0 spiro atoms. The van der Waals surface area contributed by atoms with Crippen LogP contribution in [-0.4, -0.2) is 46.7 Å². The number of nitrogens with zero attached hydrogens (tertiary/aromatic N) is 2. The van der Waals surface area contributed by atoms with E-state index in [2.05, 4.69) is 28.1 Å². The van der Waals surface area contributed by atoms with Crippen molar-refractivity contribution < 1.29 is 32.5 Å². The lowest BCUT2D eigenvalue weighted by atomic mass is 10.0. The monoisotopic (exact) mass is 529 g/mol. The Kier molecular flexibility index (Phi) is 10.4. The summed E-state index contributed by atoms with van der Waals surface area (Å²) >= 11 is 5.13. The number of aromatic nitrogens is 1. The van der Waals surface area contributed by atoms with Gasteiger partial charge >= 0.3 is 5.97 Å². The molecule has 0 atom stereocenters. The van der Waals surface area contributed by atoms with Crippen LogP contribution in [0.1, 0.15) is 28.5 Å². The number of rotatable bonds is 7. The van der Waals surface area contributed by atoms with Crippen LogP contribution in [0.4, 0.5) is 0 Å². The molecule has 0 saturated carbocycles. The number of ether oxygens (including phenoxy) is 1. The molecule has 0 amide bonds. The number of benzene rings is 2. The van der Waals surface area contributed by atoms with Crippen LogP contribution in [0.3, 0.4) is 0 Å². The van der Waals surface area contributed by atoms with Crippen molar-refractivity contribution in [2.75, 3.05) is 20.7 Å². The molecule has 3 N–H and O–H groups in total. The van der Waals surface area contributed by atoms with Gasteiger partial charge in [-0.25, -0.2) is 4.79 Å². The highest BCUT2D eigenvalue weighted by Crippen LogP contribution is 2.41. The van der Waals surface area contributed by atoms with Gasteiger partial charge in [0.25, 0.3) is 0 Å². The van der Waals surface area contributed by atoms with E-state index in [1.54, 1.807) is 18.7 Å². The van der Waals surface area contributed by atoms with Crippen molar-refractivity contribution in [2.24, 2.45) is 7.05 Å². The molecule has 0 saturated heterocycles. The number of phenols is 1. The van der Waals surface area contributed by atoms with Crippen LogP contribution in [0.2, 0.25) is 0 Å². The largest absolute Gasteiger partial charge is 1.00 e. The normalized spacial score (nSPS) is 10.6. The maximum Gasteiger partial charge on any atom is 0.340 e. The van der Waals surface area contributed by atoms with Gasteiger partial charge in [-0.05, 0) is 55.1 Å². The van der Waals surface area contributed by atoms with Gasteiger partial charge in [0.1, 0.15) is 5.75 Å². The van der Waals surface area contributed by atoms with Crippen LogP contribution < -0.4 is 12.4 Å². The Bertz CT molecular complexity index is 1040. The summed E-state index contributed by atoms with van der Waals surface area (Å²) in [5, 5.41) is 11.5. The first kappa shape index (κ1) is 27.3. The Balaban J connectivity index is 0.00000240. The van der Waals surface area contributed by atoms with Crippen molar-refractivity contribution in [3.8, 4) is 5.75 Å². The first-order valence-electron chi connectivity index (χ1n) is 9.36. The molecule has 0 radical (unpaired) electrons. The lowest BCUT2D eigenvalue weighted by Crippen LogP contribution is -3.00. The fraction of sp³-hybridized carbons (Fsp3) is 0.318. The van der Waals surface area contributed by atoms with Crippen LogP contribution in [0.25, 0.3) is 10.9 Å². The Morgan fingerprint density at radius 2 is 1.90 bits per heavy atom. The molecule has 1 heterocycles. The van der Waals surface area contributed by atoms with Crippen LogP contribution >= 0.6 is 27.7 Å². The molecule has 9 heteroatoms. The van der Waals surface area contributed by atoms with Crippen molar-refractivity contribution in [1.82, 2.24) is 9.47 Å². The minimum atomic E-state index is -0.358. The van der Waals surface area contributed by atoms with Gasteiger partial charge in [-0.1, -0.05) is 18.2 Å². The number of halogens is 2. The molecule has 3 rings (SSSR count). The van der Waals surface area contributed by atoms with Gasteiger partial charge in [0, 0.05) is 40.9 Å². The highest BCUT2D eigenvalue weighted by atomic mass is 79.9. The minimum Gasteiger partial charge on any atom is -1.00 e. The molecular weight excluding hydrogens is 504 g/mol. The summed E-state index contributed by atoms with van der Waals surface area (Å²) in [7, 11) is 5.82. The Morgan fingerprint density at radius 3 is 2.48 bits per heavy atom. The molecule has 0 aliphatic rings. The summed E-state index contributed by atoms with van der Waals surface area (Å²) in [6.07, 6.45) is 0. The predicted octanol–water partition coefficient (Wildman–Crippen LogP) is 1.36. The second-order valence-electron chi connectivity index (χ2n) is 7.02. The average Bonchev–Trinajstić information content (AvgIpc) is 2.96. The molecule has 0 bridgehead atoms. The zero-order valence-corrected chi connectivity index (χ0v) is 21.1. The summed E-state index contributed by atoms with van der Waals surface area (Å²) in [6, 6.07) is 12.0. The molecule has 1 aromatic heterocycles. The lowest BCUT2D eigenvalue weighted by molar-refractivity contribution is -0.0000263. The first-order valence-corrected chi connectivity index (χ1v) is 11.1. The van der Waals surface area contributed by atoms with E-state index in [-0.39, 0.29) is 29.6 Å². The van der Waals surface area contributed by atoms with Crippen molar-refractivity contribution in [3.05, 3.63) is 57.7 Å². The van der Waals surface area contributed by atoms with Gasteiger partial charge in [0.2, 0.25) is 0 Å². The van der Waals surface area contributed by atoms with E-state index >= 15 is 0 Å². The number of aromatic hydroxyl groups is 1. The molecular formula is C22H27BrClN2O4S-. The number of thioether (sulfide) groups is 1. The second-order valence-corrected chi connectivity index (χ2v) is 8.92. The summed E-state index contributed by atoms with van der Waals surface area (Å²) in [5.41, 5.74) is 3.02. The van der Waals surface area contributed by atoms with Crippen molar-refractivity contribution in [1.29, 1.82) is 0 Å². The number of hydrogen-bond acceptors (Lipinski definition) is 5. The number of hydrogen-bond donors (Lipinski definition) is 1. The Morgan fingerprint density at radius 1 is 1.26 bits per heavy atom. The summed E-state index contributed by atoms with van der Waals surface area (Å²) in [6.45, 7) is 2.60. The number of esters is 1. The van der Waals surface area contributed by atoms with Crippen molar-refractivity contribution in [2.45, 2.75) is 24.1 Å². The Labute approximate surface area is 201 Å². The average molecular weight is 531 g/mol. The van der Waals surface area contributed by atoms with Crippen molar-refractivity contribution in [3.63, 3.8) is 0 Å². The topological polar surface area (TPSA) is 86.2 Å². The SMILES string of the molecule is CCOC(=O)c1c(CSc2ccccc2)n(C)c2cc(Br)c(O)c(CN(C)C)c12.O.[Cl-]. The first-order chi connectivity index (χ1) is 13.8. The molecule has 0 aliphatic carbocycles. The summed E-state index contributed by atoms with van der Waals surface area (Å²) < 4.78 is 8.04. The maximum atomic E-state index is 13.0. The standard InChI is InChI=1S/C22H25BrN2O3S.ClH.H2O/c1-5-28-22(27)20-18(13-29-14-9-7-6-8-10-14)25(4)17-11-16(23)21(26)15(19(17)20)12-24(2)3;;/h6-11,26H,5,12-13H2,1-4H3;1H;1H2/p-1. The number of fused-ring (bicyclic) bond motifs is 1. The molecule has 0 fully saturated rings. The number of phenolic OH excluding ortho intramolecular Hbond substituents is 1. The van der Waals surface area contributed by atoms with Gasteiger partial charge in [0.05, 0.1) is 22.2 Å². The van der Waals surface area contributed by atoms with E-state index in [9.17, 15) is 9.90 Å². The van der Waals surface area contributed by atoms with Gasteiger partial charge in [-0.2, -0.15) is 0 Å². The predicted molar refractivity (Wildman–Crippen MR) is 125 cm³/mol. The highest BCUT2D eigenvalue weighted by molar-refractivity contribution is 9.10. The number of aryl methyl sites for hydroxylation is 1. The zero-order valence-electron chi connectivity index (χ0n) is 17.9. The third-order valence-corrected chi connectivity index (χ3v) is 6.34. The summed E-state index contributed by atoms with van der Waals surface area (Å²) in [4.78, 5) is 16.1. The van der Waals surface area contributed by atoms with Crippen LogP contribution in [0.5, 0.6) is 5.75 Å². The van der Waals surface area contributed by atoms with Crippen LogP contribution in [-0.2, 0) is 24.1 Å². The minimum absolute atomic E-state index is 0. The number of carbonyl (C=O) groups is 1. The molecule has 31 heavy (non-hydrogen) atoms. The molecule has 0 unspecified atom stereocenters. The fourth-order valence-electron chi connectivity index (χ4n) is 3.41. The van der Waals surface area contributed by atoms with Gasteiger partial charge in [-0.15, -0.1) is 11.8 Å². The lowest BCUT2D eigenvalue weighted by Gasteiger charge is -2.15. The van der Waals surface area contributed by atoms with Gasteiger partial charge in [-0.3, -0.25) is 0 Å². The van der Waals surface area contributed by atoms with E-state index in [1.807, 2.05) is 54.9 Å². The number of carbonyl (C=O) groups excluding carboxylic acids is 1. The summed E-state index contributed by atoms with van der Waals surface area (Å²) in [5.74, 6) is 0.413. The van der Waals surface area contributed by atoms with E-state index in [0.29, 0.717) is 34.5 Å². The van der Waals surface area contributed by atoms with Crippen LogP contribution in [0, 0.1) is 0 Å². The third kappa shape index (κ3) is 5.75. The van der Waals surface area contributed by atoms with Gasteiger partial charge < -0.3 is 37.2 Å². The molecule has 2 aromatic carbocycles. The molecule has 6 nitrogen and oxygen atoms in total. The highest BCUT2D eigenvalue weighted by Gasteiger charge is 2.27.